The zero-order valence-corrected chi connectivity index (χ0v) is 10.5. The zero-order valence-electron chi connectivity index (χ0n) is 10.5. The van der Waals surface area contributed by atoms with Gasteiger partial charge < -0.3 is 16.0 Å². The lowest BCUT2D eigenvalue weighted by Gasteiger charge is -2.09. The summed E-state index contributed by atoms with van der Waals surface area (Å²) in [6, 6.07) is 4.65. The van der Waals surface area contributed by atoms with Gasteiger partial charge in [0.15, 0.2) is 0 Å². The van der Waals surface area contributed by atoms with Gasteiger partial charge in [-0.05, 0) is 18.2 Å². The number of nitrogens with one attached hydrogen (secondary N) is 3. The molecule has 0 saturated carbocycles. The fourth-order valence-corrected chi connectivity index (χ4v) is 1.45. The van der Waals surface area contributed by atoms with E-state index >= 15 is 0 Å². The highest BCUT2D eigenvalue weighted by Crippen LogP contribution is 2.19. The minimum absolute atomic E-state index is 0.252. The second-order valence-corrected chi connectivity index (χ2v) is 3.74. The lowest BCUT2D eigenvalue weighted by atomic mass is 10.1. The number of benzene rings is 1. The number of hydrogen-bond donors (Lipinski definition) is 3. The molecule has 3 N–H and O–H groups in total. The van der Waals surface area contributed by atoms with Crippen molar-refractivity contribution in [2.45, 2.75) is 13.8 Å². The highest BCUT2D eigenvalue weighted by Gasteiger charge is 2.08. The topological polar surface area (TPSA) is 87.3 Å². The molecule has 0 atom stereocenters. The SMILES string of the molecule is CNC(=O)c1cc(NC(C)=O)cc(NC(C)=O)c1. The van der Waals surface area contributed by atoms with E-state index in [2.05, 4.69) is 16.0 Å². The van der Waals surface area contributed by atoms with Crippen LogP contribution in [0.5, 0.6) is 0 Å². The van der Waals surface area contributed by atoms with Crippen molar-refractivity contribution in [3.63, 3.8) is 0 Å². The molecule has 0 aliphatic rings. The van der Waals surface area contributed by atoms with E-state index in [1.54, 1.807) is 6.07 Å². The van der Waals surface area contributed by atoms with Crippen LogP contribution >= 0.6 is 0 Å². The van der Waals surface area contributed by atoms with Crippen LogP contribution in [-0.2, 0) is 9.59 Å². The second kappa shape index (κ2) is 5.81. The maximum atomic E-state index is 11.6. The van der Waals surface area contributed by atoms with Gasteiger partial charge in [0.25, 0.3) is 5.91 Å². The molecule has 0 saturated heterocycles. The third-order valence-corrected chi connectivity index (χ3v) is 2.06. The van der Waals surface area contributed by atoms with Gasteiger partial charge in [-0.3, -0.25) is 14.4 Å². The highest BCUT2D eigenvalue weighted by atomic mass is 16.2. The fourth-order valence-electron chi connectivity index (χ4n) is 1.45. The van der Waals surface area contributed by atoms with Crippen LogP contribution < -0.4 is 16.0 Å². The van der Waals surface area contributed by atoms with Gasteiger partial charge in [-0.2, -0.15) is 0 Å². The van der Waals surface area contributed by atoms with E-state index in [0.717, 1.165) is 0 Å². The highest BCUT2D eigenvalue weighted by molar-refractivity contribution is 5.99. The number of hydrogen-bond acceptors (Lipinski definition) is 3. The van der Waals surface area contributed by atoms with Gasteiger partial charge in [-0.15, -0.1) is 0 Å². The molecule has 1 aromatic carbocycles. The number of rotatable bonds is 3. The van der Waals surface area contributed by atoms with Crippen molar-refractivity contribution in [2.75, 3.05) is 17.7 Å². The van der Waals surface area contributed by atoms with Gasteiger partial charge in [0.2, 0.25) is 11.8 Å². The van der Waals surface area contributed by atoms with Gasteiger partial charge in [0.05, 0.1) is 0 Å². The Morgan fingerprint density at radius 3 is 1.67 bits per heavy atom. The van der Waals surface area contributed by atoms with Crippen LogP contribution in [0.15, 0.2) is 18.2 Å². The van der Waals surface area contributed by atoms with Crippen molar-refractivity contribution in [1.29, 1.82) is 0 Å². The van der Waals surface area contributed by atoms with E-state index in [9.17, 15) is 14.4 Å². The summed E-state index contributed by atoms with van der Waals surface area (Å²) in [6.45, 7) is 2.73. The van der Waals surface area contributed by atoms with E-state index in [1.807, 2.05) is 0 Å². The molecule has 6 heteroatoms. The first-order chi connectivity index (χ1) is 8.42. The summed E-state index contributed by atoms with van der Waals surface area (Å²) in [4.78, 5) is 33.5. The summed E-state index contributed by atoms with van der Waals surface area (Å²) in [5.41, 5.74) is 1.26. The molecular formula is C12H15N3O3. The van der Waals surface area contributed by atoms with Crippen molar-refractivity contribution in [2.24, 2.45) is 0 Å². The Bertz CT molecular complexity index is 463. The predicted molar refractivity (Wildman–Crippen MR) is 68.4 cm³/mol. The molecule has 0 aromatic heterocycles. The van der Waals surface area contributed by atoms with Crippen LogP contribution in [-0.4, -0.2) is 24.8 Å². The molecule has 0 heterocycles. The number of amides is 3. The number of carbonyl (C=O) groups excluding carboxylic acids is 3. The largest absolute Gasteiger partial charge is 0.355 e. The smallest absolute Gasteiger partial charge is 0.251 e. The van der Waals surface area contributed by atoms with Crippen molar-refractivity contribution < 1.29 is 14.4 Å². The van der Waals surface area contributed by atoms with E-state index in [1.165, 1.54) is 33.0 Å². The lowest BCUT2D eigenvalue weighted by Crippen LogP contribution is -2.19. The van der Waals surface area contributed by atoms with Gasteiger partial charge in [-0.1, -0.05) is 0 Å². The molecule has 1 aromatic rings. The Morgan fingerprint density at radius 2 is 1.33 bits per heavy atom. The summed E-state index contributed by atoms with van der Waals surface area (Å²) in [5.74, 6) is -0.801. The Kier molecular flexibility index (Phi) is 4.42. The Labute approximate surface area is 105 Å². The molecular weight excluding hydrogens is 234 g/mol. The van der Waals surface area contributed by atoms with Crippen molar-refractivity contribution in [1.82, 2.24) is 5.32 Å². The maximum absolute atomic E-state index is 11.6. The Balaban J connectivity index is 3.14. The average molecular weight is 249 g/mol. The third kappa shape index (κ3) is 3.89. The van der Waals surface area contributed by atoms with Crippen LogP contribution in [0.4, 0.5) is 11.4 Å². The van der Waals surface area contributed by atoms with E-state index in [-0.39, 0.29) is 17.7 Å². The Morgan fingerprint density at radius 1 is 0.889 bits per heavy atom. The van der Waals surface area contributed by atoms with Gasteiger partial charge >= 0.3 is 0 Å². The predicted octanol–water partition coefficient (Wildman–Crippen LogP) is 0.963. The molecule has 0 unspecified atom stereocenters. The first kappa shape index (κ1) is 13.7. The van der Waals surface area contributed by atoms with E-state index in [0.29, 0.717) is 16.9 Å². The Hall–Kier alpha value is -2.37. The van der Waals surface area contributed by atoms with Crippen molar-refractivity contribution in [3.05, 3.63) is 23.8 Å². The van der Waals surface area contributed by atoms with Gasteiger partial charge in [0, 0.05) is 37.8 Å². The van der Waals surface area contributed by atoms with E-state index < -0.39 is 0 Å². The molecule has 0 aliphatic carbocycles. The van der Waals surface area contributed by atoms with Gasteiger partial charge in [0.1, 0.15) is 0 Å². The van der Waals surface area contributed by atoms with Crippen LogP contribution in [0.3, 0.4) is 0 Å². The summed E-state index contributed by atoms with van der Waals surface area (Å²) < 4.78 is 0. The molecule has 96 valence electrons. The minimum Gasteiger partial charge on any atom is -0.355 e. The zero-order chi connectivity index (χ0) is 13.7. The summed E-state index contributed by atoms with van der Waals surface area (Å²) in [7, 11) is 1.51. The van der Waals surface area contributed by atoms with Crippen molar-refractivity contribution >= 4 is 29.1 Å². The quantitative estimate of drug-likeness (QED) is 0.745. The molecule has 1 rings (SSSR count). The summed E-state index contributed by atoms with van der Waals surface area (Å²) in [5, 5.41) is 7.61. The van der Waals surface area contributed by atoms with Gasteiger partial charge in [-0.25, -0.2) is 0 Å². The van der Waals surface area contributed by atoms with E-state index in [4.69, 9.17) is 0 Å². The van der Waals surface area contributed by atoms with Crippen LogP contribution in [0.25, 0.3) is 0 Å². The summed E-state index contributed by atoms with van der Waals surface area (Å²) >= 11 is 0. The molecule has 0 fully saturated rings. The number of carbonyl (C=O) groups is 3. The standard InChI is InChI=1S/C12H15N3O3/c1-7(16)14-10-4-9(12(18)13-3)5-11(6-10)15-8(2)17/h4-6H,1-3H3,(H,13,18)(H,14,16)(H,15,17). The number of anilines is 2. The molecule has 0 bridgehead atoms. The molecule has 18 heavy (non-hydrogen) atoms. The minimum atomic E-state index is -0.297. The molecule has 0 radical (unpaired) electrons. The third-order valence-electron chi connectivity index (χ3n) is 2.06. The van der Waals surface area contributed by atoms with Crippen LogP contribution in [0.1, 0.15) is 24.2 Å². The first-order valence-corrected chi connectivity index (χ1v) is 5.34. The second-order valence-electron chi connectivity index (χ2n) is 3.74. The lowest BCUT2D eigenvalue weighted by molar-refractivity contribution is -0.115. The normalized spacial score (nSPS) is 9.50. The molecule has 3 amide bonds. The van der Waals surface area contributed by atoms with Crippen LogP contribution in [0, 0.1) is 0 Å². The van der Waals surface area contributed by atoms with Crippen molar-refractivity contribution in [3.8, 4) is 0 Å². The van der Waals surface area contributed by atoms with Crippen LogP contribution in [0.2, 0.25) is 0 Å². The first-order valence-electron chi connectivity index (χ1n) is 5.34. The summed E-state index contributed by atoms with van der Waals surface area (Å²) in [6.07, 6.45) is 0. The molecule has 0 spiro atoms. The average Bonchev–Trinajstić information content (AvgIpc) is 2.25. The molecule has 6 nitrogen and oxygen atoms in total. The maximum Gasteiger partial charge on any atom is 0.251 e. The fraction of sp³-hybridized carbons (Fsp3) is 0.250. The molecule has 0 aliphatic heterocycles. The monoisotopic (exact) mass is 249 g/mol.